The van der Waals surface area contributed by atoms with E-state index in [4.69, 9.17) is 14.2 Å². The van der Waals surface area contributed by atoms with Gasteiger partial charge in [-0.1, -0.05) is 168 Å². The first-order valence-electron chi connectivity index (χ1n) is 24.4. The number of aliphatic carboxylic acids is 1. The topological polar surface area (TPSA) is 99.1 Å². The quantitative estimate of drug-likeness (QED) is 0.0282. The number of carboxylic acid groups (broad SMARTS) is 1. The van der Waals surface area contributed by atoms with Gasteiger partial charge in [0.15, 0.2) is 12.1 Å². The number of unbranched alkanes of at least 4 members (excludes halogenated alkanes) is 10. The predicted molar refractivity (Wildman–Crippen MR) is 266 cm³/mol. The molecule has 0 saturated carbocycles. The van der Waals surface area contributed by atoms with Crippen LogP contribution in [0.2, 0.25) is 0 Å². The van der Waals surface area contributed by atoms with Gasteiger partial charge in [-0.05, 0) is 89.9 Å². The second-order valence-electron chi connectivity index (χ2n) is 17.0. The fraction of sp³-hybridized carbons (Fsp3) is 0.618. The van der Waals surface area contributed by atoms with E-state index in [9.17, 15) is 19.5 Å². The number of carboxylic acids is 1. The third-order valence-corrected chi connectivity index (χ3v) is 10.2. The third kappa shape index (κ3) is 43.0. The Morgan fingerprint density at radius 1 is 0.476 bits per heavy atom. The number of nitrogens with zero attached hydrogens (tertiary/aromatic N) is 1. The summed E-state index contributed by atoms with van der Waals surface area (Å²) in [6.07, 6.45) is 61.4. The molecule has 0 heterocycles. The number of quaternary nitrogens is 1. The zero-order chi connectivity index (χ0) is 46.3. The normalized spacial score (nSPS) is 13.9. The molecule has 0 aliphatic rings. The molecular weight excluding hydrogens is 787 g/mol. The average Bonchev–Trinajstić information content (AvgIpc) is 3.24. The lowest BCUT2D eigenvalue weighted by Gasteiger charge is -2.31. The SMILES string of the molecule is CC/C=C/C/C=C/C/C=C/C/C=C/C/C=C/C/C=C/CCCC(=O)OCC(COCCC(C(=O)O)[N+](C)(C)C)OC(=O)CCCCCCCCCCC/C=C/C/C=C/C/C=C/CC. The van der Waals surface area contributed by atoms with Crippen LogP contribution < -0.4 is 0 Å². The van der Waals surface area contributed by atoms with Gasteiger partial charge in [0.1, 0.15) is 6.61 Å². The summed E-state index contributed by atoms with van der Waals surface area (Å²) in [7, 11) is 5.50. The van der Waals surface area contributed by atoms with Crippen molar-refractivity contribution in [1.29, 1.82) is 0 Å². The maximum atomic E-state index is 12.8. The van der Waals surface area contributed by atoms with Crippen molar-refractivity contribution in [1.82, 2.24) is 0 Å². The summed E-state index contributed by atoms with van der Waals surface area (Å²) in [5.41, 5.74) is 0. The Labute approximate surface area is 385 Å². The Bertz CT molecular complexity index is 1390. The molecule has 0 saturated heterocycles. The molecular formula is C55H90NO7+. The predicted octanol–water partition coefficient (Wildman–Crippen LogP) is 14.0. The largest absolute Gasteiger partial charge is 0.477 e. The summed E-state index contributed by atoms with van der Waals surface area (Å²) < 4.78 is 17.3. The van der Waals surface area contributed by atoms with Crippen LogP contribution in [0.3, 0.4) is 0 Å². The van der Waals surface area contributed by atoms with Gasteiger partial charge < -0.3 is 23.8 Å². The van der Waals surface area contributed by atoms with E-state index in [0.717, 1.165) is 89.9 Å². The summed E-state index contributed by atoms with van der Waals surface area (Å²) in [6.45, 7) is 4.43. The van der Waals surface area contributed by atoms with Crippen molar-refractivity contribution in [2.75, 3.05) is 41.0 Å². The molecule has 0 aromatic rings. The van der Waals surface area contributed by atoms with E-state index < -0.39 is 18.1 Å². The van der Waals surface area contributed by atoms with Gasteiger partial charge in [0.25, 0.3) is 0 Å². The molecule has 0 spiro atoms. The molecule has 0 aromatic carbocycles. The average molecular weight is 877 g/mol. The van der Waals surface area contributed by atoms with Crippen LogP contribution in [0.1, 0.15) is 168 Å². The molecule has 0 rings (SSSR count). The van der Waals surface area contributed by atoms with Gasteiger partial charge in [0.05, 0.1) is 34.4 Å². The highest BCUT2D eigenvalue weighted by atomic mass is 16.6. The van der Waals surface area contributed by atoms with E-state index in [0.29, 0.717) is 19.3 Å². The molecule has 2 atom stereocenters. The van der Waals surface area contributed by atoms with Crippen molar-refractivity contribution in [2.24, 2.45) is 0 Å². The van der Waals surface area contributed by atoms with Crippen molar-refractivity contribution < 1.29 is 38.2 Å². The second-order valence-corrected chi connectivity index (χ2v) is 17.0. The minimum Gasteiger partial charge on any atom is -0.477 e. The van der Waals surface area contributed by atoms with Crippen LogP contribution >= 0.6 is 0 Å². The fourth-order valence-electron chi connectivity index (χ4n) is 6.47. The second kappa shape index (κ2) is 44.6. The summed E-state index contributed by atoms with van der Waals surface area (Å²) in [4.78, 5) is 37.1. The lowest BCUT2D eigenvalue weighted by molar-refractivity contribution is -0.887. The van der Waals surface area contributed by atoms with E-state index in [1.807, 2.05) is 21.1 Å². The molecule has 0 aromatic heterocycles. The van der Waals surface area contributed by atoms with Crippen LogP contribution in [0.15, 0.2) is 109 Å². The molecule has 8 heteroatoms. The highest BCUT2D eigenvalue weighted by Crippen LogP contribution is 2.14. The van der Waals surface area contributed by atoms with E-state index in [2.05, 4.69) is 123 Å². The van der Waals surface area contributed by atoms with Crippen molar-refractivity contribution in [3.8, 4) is 0 Å². The Morgan fingerprint density at radius 2 is 0.857 bits per heavy atom. The van der Waals surface area contributed by atoms with E-state index >= 15 is 0 Å². The Morgan fingerprint density at radius 3 is 1.29 bits per heavy atom. The van der Waals surface area contributed by atoms with Crippen LogP contribution in [0.25, 0.3) is 0 Å². The van der Waals surface area contributed by atoms with Crippen LogP contribution in [-0.2, 0) is 28.6 Å². The summed E-state index contributed by atoms with van der Waals surface area (Å²) in [6, 6.07) is -0.631. The van der Waals surface area contributed by atoms with Crippen molar-refractivity contribution >= 4 is 17.9 Å². The number of hydrogen-bond acceptors (Lipinski definition) is 6. The number of rotatable bonds is 42. The lowest BCUT2D eigenvalue weighted by Crippen LogP contribution is -2.50. The van der Waals surface area contributed by atoms with E-state index in [-0.39, 0.29) is 42.7 Å². The molecule has 1 N–H and O–H groups in total. The highest BCUT2D eigenvalue weighted by molar-refractivity contribution is 5.72. The molecule has 0 aliphatic heterocycles. The van der Waals surface area contributed by atoms with Gasteiger partial charge in [0.2, 0.25) is 0 Å². The number of esters is 2. The monoisotopic (exact) mass is 877 g/mol. The van der Waals surface area contributed by atoms with E-state index in [1.165, 1.54) is 38.5 Å². The Hall–Kier alpha value is -4.01. The van der Waals surface area contributed by atoms with Crippen LogP contribution in [-0.4, -0.2) is 80.6 Å². The zero-order valence-electron chi connectivity index (χ0n) is 40.5. The maximum absolute atomic E-state index is 12.8. The molecule has 0 radical (unpaired) electrons. The van der Waals surface area contributed by atoms with Gasteiger partial charge >= 0.3 is 17.9 Å². The summed E-state index contributed by atoms with van der Waals surface area (Å²) >= 11 is 0. The molecule has 0 fully saturated rings. The first-order chi connectivity index (χ1) is 30.6. The van der Waals surface area contributed by atoms with Crippen LogP contribution in [0.5, 0.6) is 0 Å². The minimum atomic E-state index is -0.888. The van der Waals surface area contributed by atoms with Gasteiger partial charge in [-0.15, -0.1) is 0 Å². The lowest BCUT2D eigenvalue weighted by atomic mass is 10.1. The van der Waals surface area contributed by atoms with Crippen molar-refractivity contribution in [3.63, 3.8) is 0 Å². The van der Waals surface area contributed by atoms with Crippen molar-refractivity contribution in [3.05, 3.63) is 109 Å². The van der Waals surface area contributed by atoms with Crippen LogP contribution in [0, 0.1) is 0 Å². The smallest absolute Gasteiger partial charge is 0.362 e. The molecule has 2 unspecified atom stereocenters. The van der Waals surface area contributed by atoms with Crippen molar-refractivity contribution in [2.45, 2.75) is 180 Å². The van der Waals surface area contributed by atoms with E-state index in [1.54, 1.807) is 0 Å². The highest BCUT2D eigenvalue weighted by Gasteiger charge is 2.31. The molecule has 0 bridgehead atoms. The molecule has 0 amide bonds. The standard InChI is InChI=1S/C55H89NO7/c1-6-8-10-12-14-16-18-20-22-24-26-28-29-31-33-35-37-39-41-43-45-53(57)62-50-51(49-61-48-47-52(55(59)60)56(3,4)5)63-54(58)46-44-42-40-38-36-34-32-30-27-25-23-21-19-17-15-13-11-9-7-2/h8-11,14-17,20-23,26,28,31,33,37,39,51-52H,6-7,12-13,18-19,24-25,27,29-30,32,34-36,38,40-50H2,1-5H3/p+1/b10-8+,11-9+,16-14+,17-15+,22-20+,23-21+,28-26+,33-31+,39-37+. The van der Waals surface area contributed by atoms with Crippen LogP contribution in [0.4, 0.5) is 0 Å². The Kier molecular flexibility index (Phi) is 41.8. The summed E-state index contributed by atoms with van der Waals surface area (Å²) in [5, 5.41) is 9.65. The zero-order valence-corrected chi connectivity index (χ0v) is 40.5. The van der Waals surface area contributed by atoms with Gasteiger partial charge in [-0.25, -0.2) is 4.79 Å². The number of carbonyl (C=O) groups is 3. The molecule has 63 heavy (non-hydrogen) atoms. The number of likely N-dealkylation sites (N-methyl/N-ethyl adjacent to an activating group) is 1. The third-order valence-electron chi connectivity index (χ3n) is 10.2. The number of ether oxygens (including phenoxy) is 3. The maximum Gasteiger partial charge on any atom is 0.362 e. The Balaban J connectivity index is 4.41. The molecule has 0 aliphatic carbocycles. The first kappa shape index (κ1) is 59.0. The fourth-order valence-corrected chi connectivity index (χ4v) is 6.47. The minimum absolute atomic E-state index is 0.0336. The number of allylic oxidation sites excluding steroid dienone is 18. The number of carbonyl (C=O) groups excluding carboxylic acids is 2. The first-order valence-corrected chi connectivity index (χ1v) is 24.4. The van der Waals surface area contributed by atoms with Gasteiger partial charge in [-0.3, -0.25) is 9.59 Å². The van der Waals surface area contributed by atoms with Gasteiger partial charge in [-0.2, -0.15) is 0 Å². The summed E-state index contributed by atoms with van der Waals surface area (Å²) in [5.74, 6) is -1.56. The molecule has 356 valence electrons. The molecule has 8 nitrogen and oxygen atoms in total. The van der Waals surface area contributed by atoms with Gasteiger partial charge in [0, 0.05) is 19.3 Å². The number of hydrogen-bond donors (Lipinski definition) is 1.